The molecule has 1 amide bonds. The highest BCUT2D eigenvalue weighted by Crippen LogP contribution is 2.09. The molecule has 1 aromatic carbocycles. The van der Waals surface area contributed by atoms with Crippen LogP contribution in [-0.4, -0.2) is 20.7 Å². The Morgan fingerprint density at radius 3 is 2.62 bits per heavy atom. The molecule has 0 saturated carbocycles. The summed E-state index contributed by atoms with van der Waals surface area (Å²) in [5, 5.41) is 7.10. The lowest BCUT2D eigenvalue weighted by Gasteiger charge is -2.03. The van der Waals surface area contributed by atoms with Gasteiger partial charge in [-0.05, 0) is 29.8 Å². The topological polar surface area (TPSA) is 59.8 Å². The molecule has 0 fully saturated rings. The second kappa shape index (κ2) is 6.00. The third-order valence-electron chi connectivity index (χ3n) is 2.99. The lowest BCUT2D eigenvalue weighted by atomic mass is 10.2. The van der Waals surface area contributed by atoms with Crippen LogP contribution in [0.4, 0.5) is 5.69 Å². The minimum atomic E-state index is -0.0752. The van der Waals surface area contributed by atoms with Crippen LogP contribution in [0.2, 0.25) is 0 Å². The number of nitrogens with one attached hydrogen (secondary N) is 1. The lowest BCUT2D eigenvalue weighted by Crippen LogP contribution is -2.13. The molecule has 0 saturated heterocycles. The second-order valence-electron chi connectivity index (χ2n) is 4.59. The summed E-state index contributed by atoms with van der Waals surface area (Å²) in [5.74, 6) is -0.0752. The number of benzene rings is 1. The summed E-state index contributed by atoms with van der Waals surface area (Å²) >= 11 is 0. The van der Waals surface area contributed by atoms with Crippen LogP contribution in [0.25, 0.3) is 5.69 Å². The van der Waals surface area contributed by atoms with Crippen molar-refractivity contribution < 1.29 is 4.79 Å². The first-order chi connectivity index (χ1) is 10.3. The Labute approximate surface area is 122 Å². The molecule has 3 aromatic rings. The number of nitrogens with zero attached hydrogens (tertiary/aromatic N) is 3. The average molecular weight is 278 g/mol. The van der Waals surface area contributed by atoms with E-state index in [1.165, 1.54) is 0 Å². The summed E-state index contributed by atoms with van der Waals surface area (Å²) in [4.78, 5) is 15.9. The Morgan fingerprint density at radius 2 is 1.86 bits per heavy atom. The van der Waals surface area contributed by atoms with Crippen LogP contribution in [0, 0.1) is 0 Å². The van der Waals surface area contributed by atoms with Crippen molar-refractivity contribution in [3.63, 3.8) is 0 Å². The number of anilines is 1. The SMILES string of the molecule is O=C(Cc1cnn(-c2ccccc2)c1)Nc1ccncc1. The third-order valence-corrected chi connectivity index (χ3v) is 2.99. The van der Waals surface area contributed by atoms with E-state index < -0.39 is 0 Å². The van der Waals surface area contributed by atoms with Gasteiger partial charge in [-0.25, -0.2) is 4.68 Å². The molecule has 2 heterocycles. The Hall–Kier alpha value is -2.95. The van der Waals surface area contributed by atoms with Gasteiger partial charge in [0.15, 0.2) is 0 Å². The standard InChI is InChI=1S/C16H14N4O/c21-16(19-14-6-8-17-9-7-14)10-13-11-18-20(12-13)15-4-2-1-3-5-15/h1-9,11-12H,10H2,(H,17,19,21). The van der Waals surface area contributed by atoms with Gasteiger partial charge in [0.05, 0.1) is 18.3 Å². The van der Waals surface area contributed by atoms with Crippen LogP contribution in [-0.2, 0) is 11.2 Å². The Morgan fingerprint density at radius 1 is 1.10 bits per heavy atom. The van der Waals surface area contributed by atoms with Crippen molar-refractivity contribution in [2.75, 3.05) is 5.32 Å². The lowest BCUT2D eigenvalue weighted by molar-refractivity contribution is -0.115. The molecule has 0 radical (unpaired) electrons. The van der Waals surface area contributed by atoms with Gasteiger partial charge in [0.2, 0.25) is 5.91 Å². The van der Waals surface area contributed by atoms with Crippen LogP contribution in [0.3, 0.4) is 0 Å². The van der Waals surface area contributed by atoms with Crippen molar-refractivity contribution in [2.24, 2.45) is 0 Å². The third kappa shape index (κ3) is 3.33. The van der Waals surface area contributed by atoms with Gasteiger partial charge in [0, 0.05) is 24.3 Å². The fourth-order valence-electron chi connectivity index (χ4n) is 2.00. The van der Waals surface area contributed by atoms with E-state index in [1.54, 1.807) is 35.4 Å². The maximum absolute atomic E-state index is 12.0. The molecular formula is C16H14N4O. The van der Waals surface area contributed by atoms with Crippen LogP contribution < -0.4 is 5.32 Å². The van der Waals surface area contributed by atoms with Crippen LogP contribution >= 0.6 is 0 Å². The molecule has 1 N–H and O–H groups in total. The summed E-state index contributed by atoms with van der Waals surface area (Å²) in [6.07, 6.45) is 7.14. The van der Waals surface area contributed by atoms with Gasteiger partial charge >= 0.3 is 0 Å². The van der Waals surface area contributed by atoms with E-state index in [2.05, 4.69) is 15.4 Å². The zero-order valence-electron chi connectivity index (χ0n) is 11.3. The molecule has 5 heteroatoms. The fraction of sp³-hybridized carbons (Fsp3) is 0.0625. The predicted octanol–water partition coefficient (Wildman–Crippen LogP) is 2.45. The average Bonchev–Trinajstić information content (AvgIpc) is 2.97. The van der Waals surface area contributed by atoms with E-state index in [1.807, 2.05) is 36.5 Å². The summed E-state index contributed by atoms with van der Waals surface area (Å²) < 4.78 is 1.76. The van der Waals surface area contributed by atoms with E-state index >= 15 is 0 Å². The van der Waals surface area contributed by atoms with Gasteiger partial charge in [-0.15, -0.1) is 0 Å². The van der Waals surface area contributed by atoms with E-state index in [4.69, 9.17) is 0 Å². The first kappa shape index (κ1) is 13.1. The molecule has 3 rings (SSSR count). The molecule has 0 aliphatic carbocycles. The molecule has 21 heavy (non-hydrogen) atoms. The maximum atomic E-state index is 12.0. The van der Waals surface area contributed by atoms with E-state index in [0.29, 0.717) is 0 Å². The van der Waals surface area contributed by atoms with Gasteiger partial charge in [-0.3, -0.25) is 9.78 Å². The maximum Gasteiger partial charge on any atom is 0.228 e. The minimum absolute atomic E-state index is 0.0752. The molecule has 5 nitrogen and oxygen atoms in total. The smallest absolute Gasteiger partial charge is 0.228 e. The molecule has 0 bridgehead atoms. The number of carbonyl (C=O) groups excluding carboxylic acids is 1. The zero-order chi connectivity index (χ0) is 14.5. The Bertz CT molecular complexity index is 722. The van der Waals surface area contributed by atoms with E-state index in [9.17, 15) is 4.79 Å². The number of rotatable bonds is 4. The van der Waals surface area contributed by atoms with Crippen molar-refractivity contribution in [1.82, 2.24) is 14.8 Å². The zero-order valence-corrected chi connectivity index (χ0v) is 11.3. The molecule has 0 spiro atoms. The summed E-state index contributed by atoms with van der Waals surface area (Å²) in [5.41, 5.74) is 2.58. The number of pyridine rings is 1. The highest BCUT2D eigenvalue weighted by molar-refractivity contribution is 5.92. The Balaban J connectivity index is 1.66. The molecule has 2 aromatic heterocycles. The van der Waals surface area contributed by atoms with Gasteiger partial charge in [0.1, 0.15) is 0 Å². The summed E-state index contributed by atoms with van der Waals surface area (Å²) in [6, 6.07) is 13.3. The van der Waals surface area contributed by atoms with Crippen molar-refractivity contribution in [2.45, 2.75) is 6.42 Å². The van der Waals surface area contributed by atoms with Crippen LogP contribution in [0.1, 0.15) is 5.56 Å². The Kier molecular flexibility index (Phi) is 3.73. The number of carbonyl (C=O) groups is 1. The quantitative estimate of drug-likeness (QED) is 0.797. The summed E-state index contributed by atoms with van der Waals surface area (Å²) in [6.45, 7) is 0. The number of hydrogen-bond donors (Lipinski definition) is 1. The molecule has 0 atom stereocenters. The second-order valence-corrected chi connectivity index (χ2v) is 4.59. The number of hydrogen-bond acceptors (Lipinski definition) is 3. The summed E-state index contributed by atoms with van der Waals surface area (Å²) in [7, 11) is 0. The van der Waals surface area contributed by atoms with Gasteiger partial charge < -0.3 is 5.32 Å². The van der Waals surface area contributed by atoms with E-state index in [-0.39, 0.29) is 12.3 Å². The number of amides is 1. The van der Waals surface area contributed by atoms with Crippen LogP contribution in [0.5, 0.6) is 0 Å². The minimum Gasteiger partial charge on any atom is -0.326 e. The molecular weight excluding hydrogens is 264 g/mol. The highest BCUT2D eigenvalue weighted by atomic mass is 16.1. The monoisotopic (exact) mass is 278 g/mol. The first-order valence-corrected chi connectivity index (χ1v) is 6.60. The molecule has 0 aliphatic rings. The number of aromatic nitrogens is 3. The van der Waals surface area contributed by atoms with Crippen molar-refractivity contribution in [3.05, 3.63) is 72.8 Å². The van der Waals surface area contributed by atoms with Gasteiger partial charge in [-0.2, -0.15) is 5.10 Å². The molecule has 104 valence electrons. The number of para-hydroxylation sites is 1. The molecule has 0 aliphatic heterocycles. The van der Waals surface area contributed by atoms with Crippen LogP contribution in [0.15, 0.2) is 67.3 Å². The van der Waals surface area contributed by atoms with Crippen molar-refractivity contribution in [1.29, 1.82) is 0 Å². The van der Waals surface area contributed by atoms with Gasteiger partial charge in [0.25, 0.3) is 0 Å². The van der Waals surface area contributed by atoms with E-state index in [0.717, 1.165) is 16.9 Å². The van der Waals surface area contributed by atoms with Crippen molar-refractivity contribution in [3.8, 4) is 5.69 Å². The molecule has 0 unspecified atom stereocenters. The fourth-order valence-corrected chi connectivity index (χ4v) is 2.00. The first-order valence-electron chi connectivity index (χ1n) is 6.60. The highest BCUT2D eigenvalue weighted by Gasteiger charge is 2.07. The van der Waals surface area contributed by atoms with Gasteiger partial charge in [-0.1, -0.05) is 18.2 Å². The largest absolute Gasteiger partial charge is 0.326 e. The normalized spacial score (nSPS) is 10.3. The predicted molar refractivity (Wildman–Crippen MR) is 80.1 cm³/mol. The van der Waals surface area contributed by atoms with Crippen molar-refractivity contribution >= 4 is 11.6 Å².